The van der Waals surface area contributed by atoms with Gasteiger partial charge in [-0.15, -0.1) is 0 Å². The number of carbonyl (C=O) groups is 1. The van der Waals surface area contributed by atoms with Crippen LogP contribution in [0.5, 0.6) is 0 Å². The molecule has 0 aliphatic heterocycles. The van der Waals surface area contributed by atoms with Gasteiger partial charge >= 0.3 is 5.97 Å². The van der Waals surface area contributed by atoms with Crippen molar-refractivity contribution in [2.24, 2.45) is 4.99 Å². The molecule has 0 aromatic heterocycles. The molecule has 0 aliphatic rings. The second-order valence-corrected chi connectivity index (χ2v) is 15.4. The molecule has 30 heavy (non-hydrogen) atoms. The van der Waals surface area contributed by atoms with Gasteiger partial charge in [0.25, 0.3) is 0 Å². The van der Waals surface area contributed by atoms with Gasteiger partial charge in [-0.1, -0.05) is 48.3 Å². The number of esters is 1. The predicted octanol–water partition coefficient (Wildman–Crippen LogP) is 6.81. The van der Waals surface area contributed by atoms with E-state index in [4.69, 9.17) is 20.8 Å². The number of halogens is 2. The van der Waals surface area contributed by atoms with E-state index >= 15 is 0 Å². The van der Waals surface area contributed by atoms with Gasteiger partial charge in [-0.05, 0) is 57.1 Å². The zero-order valence-corrected chi connectivity index (χ0v) is 22.4. The van der Waals surface area contributed by atoms with Crippen molar-refractivity contribution >= 4 is 53.8 Å². The summed E-state index contributed by atoms with van der Waals surface area (Å²) in [6.07, 6.45) is 1.35. The predicted molar refractivity (Wildman–Crippen MR) is 131 cm³/mol. The molecule has 0 fully saturated rings. The van der Waals surface area contributed by atoms with Gasteiger partial charge in [-0.25, -0.2) is 4.79 Å². The minimum Gasteiger partial charge on any atom is -0.506 e. The summed E-state index contributed by atoms with van der Waals surface area (Å²) in [5.74, 6) is -0.949. The molecule has 0 bridgehead atoms. The number of hydrogen-bond acceptors (Lipinski definition) is 5. The van der Waals surface area contributed by atoms with Gasteiger partial charge < -0.3 is 14.3 Å². The summed E-state index contributed by atoms with van der Waals surface area (Å²) in [6, 6.07) is 5.00. The number of benzene rings is 1. The number of aliphatic imine (C=N–C) groups is 1. The molecule has 0 heterocycles. The van der Waals surface area contributed by atoms with Crippen molar-refractivity contribution in [3.63, 3.8) is 0 Å². The Hall–Kier alpha value is -1.15. The molecule has 1 N–H and O–H groups in total. The van der Waals surface area contributed by atoms with Crippen LogP contribution in [0.1, 0.15) is 47.1 Å². The van der Waals surface area contributed by atoms with Crippen LogP contribution in [0.3, 0.4) is 0 Å². The second kappa shape index (κ2) is 10.4. The highest BCUT2D eigenvalue weighted by Crippen LogP contribution is 2.37. The van der Waals surface area contributed by atoms with Crippen molar-refractivity contribution in [2.45, 2.75) is 65.2 Å². The van der Waals surface area contributed by atoms with Crippen molar-refractivity contribution in [2.75, 3.05) is 13.2 Å². The normalized spacial score (nSPS) is 14.1. The standard InChI is InChI=1S/C22H33BrClNO4Si/c1-9-28-20(27)17(19(26)16-11-10-15(23)12-18(16)24)13-25-22(5,6)14-29-30(7,8)21(2,3)4/h10-13,26H,9,14H2,1-8H3. The van der Waals surface area contributed by atoms with Gasteiger partial charge in [0.2, 0.25) is 0 Å². The van der Waals surface area contributed by atoms with Crippen molar-refractivity contribution < 1.29 is 19.1 Å². The molecule has 0 atom stereocenters. The highest BCUT2D eigenvalue weighted by molar-refractivity contribution is 9.10. The van der Waals surface area contributed by atoms with Crippen LogP contribution in [0.2, 0.25) is 23.2 Å². The molecule has 5 nitrogen and oxygen atoms in total. The third kappa shape index (κ3) is 7.52. The number of ether oxygens (including phenoxy) is 1. The van der Waals surface area contributed by atoms with Gasteiger partial charge in [0.1, 0.15) is 11.3 Å². The van der Waals surface area contributed by atoms with E-state index in [2.05, 4.69) is 54.8 Å². The summed E-state index contributed by atoms with van der Waals surface area (Å²) in [4.78, 5) is 17.0. The summed E-state index contributed by atoms with van der Waals surface area (Å²) in [6.45, 7) is 17.0. The van der Waals surface area contributed by atoms with Crippen LogP contribution in [-0.2, 0) is 14.0 Å². The Labute approximate surface area is 194 Å². The number of carbonyl (C=O) groups excluding carboxylic acids is 1. The molecule has 1 aromatic rings. The molecule has 0 amide bonds. The molecule has 0 aliphatic carbocycles. The van der Waals surface area contributed by atoms with E-state index in [1.165, 1.54) is 6.21 Å². The monoisotopic (exact) mass is 517 g/mol. The molecule has 0 unspecified atom stereocenters. The van der Waals surface area contributed by atoms with Gasteiger partial charge in [0.05, 0.1) is 23.8 Å². The molecular weight excluding hydrogens is 486 g/mol. The first-order chi connectivity index (χ1) is 13.6. The summed E-state index contributed by atoms with van der Waals surface area (Å²) in [5, 5.41) is 11.2. The van der Waals surface area contributed by atoms with E-state index < -0.39 is 19.8 Å². The Kier molecular flexibility index (Phi) is 9.35. The van der Waals surface area contributed by atoms with E-state index in [9.17, 15) is 9.90 Å². The minimum atomic E-state index is -1.94. The molecule has 0 saturated heterocycles. The van der Waals surface area contributed by atoms with Crippen LogP contribution in [0.15, 0.2) is 33.2 Å². The van der Waals surface area contributed by atoms with Crippen LogP contribution in [-0.4, -0.2) is 44.4 Å². The van der Waals surface area contributed by atoms with E-state index in [0.717, 1.165) is 4.47 Å². The fourth-order valence-corrected chi connectivity index (χ4v) is 4.01. The maximum Gasteiger partial charge on any atom is 0.343 e. The number of aliphatic hydroxyl groups excluding tert-OH is 1. The first-order valence-corrected chi connectivity index (χ1v) is 13.9. The molecule has 0 radical (unpaired) electrons. The Morgan fingerprint density at radius 2 is 1.87 bits per heavy atom. The summed E-state index contributed by atoms with van der Waals surface area (Å²) in [7, 11) is -1.94. The SMILES string of the molecule is CCOC(=O)C(C=NC(C)(C)CO[Si](C)(C)C(C)(C)C)=C(O)c1ccc(Br)cc1Cl. The fraction of sp³-hybridized carbons (Fsp3) is 0.545. The highest BCUT2D eigenvalue weighted by atomic mass is 79.9. The Bertz CT molecular complexity index is 829. The summed E-state index contributed by atoms with van der Waals surface area (Å²) < 4.78 is 12.2. The van der Waals surface area contributed by atoms with E-state index in [1.54, 1.807) is 25.1 Å². The number of aliphatic hydroxyl groups is 1. The smallest absolute Gasteiger partial charge is 0.343 e. The lowest BCUT2D eigenvalue weighted by Gasteiger charge is -2.38. The Morgan fingerprint density at radius 3 is 2.37 bits per heavy atom. The maximum atomic E-state index is 12.5. The van der Waals surface area contributed by atoms with Crippen molar-refractivity contribution in [3.8, 4) is 0 Å². The second-order valence-electron chi connectivity index (χ2n) is 9.23. The third-order valence-corrected chi connectivity index (χ3v) is 10.4. The Morgan fingerprint density at radius 1 is 1.27 bits per heavy atom. The van der Waals surface area contributed by atoms with Crippen molar-refractivity contribution in [3.05, 3.63) is 38.8 Å². The minimum absolute atomic E-state index is 0.0542. The molecule has 0 spiro atoms. The van der Waals surface area contributed by atoms with Gasteiger partial charge in [0.15, 0.2) is 8.32 Å². The topological polar surface area (TPSA) is 68.1 Å². The van der Waals surface area contributed by atoms with E-state index in [-0.39, 0.29) is 23.0 Å². The lowest BCUT2D eigenvalue weighted by molar-refractivity contribution is -0.137. The fourth-order valence-electron chi connectivity index (χ4n) is 2.10. The maximum absolute atomic E-state index is 12.5. The number of nitrogens with zero attached hydrogens (tertiary/aromatic N) is 1. The van der Waals surface area contributed by atoms with Gasteiger partial charge in [-0.2, -0.15) is 0 Å². The average molecular weight is 519 g/mol. The molecule has 1 aromatic carbocycles. The lowest BCUT2D eigenvalue weighted by Crippen LogP contribution is -2.44. The van der Waals surface area contributed by atoms with Crippen molar-refractivity contribution in [1.82, 2.24) is 0 Å². The highest BCUT2D eigenvalue weighted by Gasteiger charge is 2.38. The van der Waals surface area contributed by atoms with Crippen LogP contribution in [0.4, 0.5) is 0 Å². The van der Waals surface area contributed by atoms with Gasteiger partial charge in [-0.3, -0.25) is 4.99 Å². The van der Waals surface area contributed by atoms with Crippen LogP contribution < -0.4 is 0 Å². The third-order valence-electron chi connectivity index (χ3n) is 5.07. The zero-order valence-electron chi connectivity index (χ0n) is 19.1. The first-order valence-electron chi connectivity index (χ1n) is 9.86. The number of hydrogen-bond donors (Lipinski definition) is 1. The molecule has 168 valence electrons. The van der Waals surface area contributed by atoms with Crippen molar-refractivity contribution in [1.29, 1.82) is 0 Å². The average Bonchev–Trinajstić information content (AvgIpc) is 2.59. The van der Waals surface area contributed by atoms with Crippen LogP contribution >= 0.6 is 27.5 Å². The van der Waals surface area contributed by atoms with Gasteiger partial charge in [0, 0.05) is 16.3 Å². The number of rotatable bonds is 8. The largest absolute Gasteiger partial charge is 0.506 e. The Balaban J connectivity index is 3.24. The van der Waals surface area contributed by atoms with Crippen LogP contribution in [0.25, 0.3) is 5.76 Å². The lowest BCUT2D eigenvalue weighted by atomic mass is 10.1. The van der Waals surface area contributed by atoms with E-state index in [1.807, 2.05) is 13.8 Å². The molecular formula is C22H33BrClNO4Si. The molecule has 1 rings (SSSR count). The zero-order chi connectivity index (χ0) is 23.3. The molecule has 8 heteroatoms. The van der Waals surface area contributed by atoms with E-state index in [0.29, 0.717) is 17.2 Å². The summed E-state index contributed by atoms with van der Waals surface area (Å²) in [5.41, 5.74) is -0.331. The first kappa shape index (κ1) is 26.9. The quantitative estimate of drug-likeness (QED) is 0.135. The molecule has 0 saturated carbocycles. The van der Waals surface area contributed by atoms with Crippen LogP contribution in [0, 0.1) is 0 Å². The summed E-state index contributed by atoms with van der Waals surface area (Å²) >= 11 is 9.58.